The molecule has 1 N–H and O–H groups in total. The second-order valence-corrected chi connectivity index (χ2v) is 7.68. The van der Waals surface area contributed by atoms with E-state index in [-0.39, 0.29) is 18.0 Å². The van der Waals surface area contributed by atoms with E-state index in [9.17, 15) is 9.59 Å². The molecule has 2 aliphatic rings. The predicted octanol–water partition coefficient (Wildman–Crippen LogP) is 3.90. The molecule has 146 valence electrons. The first-order valence-corrected chi connectivity index (χ1v) is 10.2. The van der Waals surface area contributed by atoms with Gasteiger partial charge < -0.3 is 15.1 Å². The Balaban J connectivity index is 1.43. The lowest BCUT2D eigenvalue weighted by Crippen LogP contribution is -2.51. The standard InChI is InChI=1S/C23H27N3O2/c27-22-13-7-15-26(22)20-11-6-14-25(17-20)23(28)24-21-12-5-4-10-19(21)16-18-8-2-1-3-9-18/h1-5,8-10,12,20H,6-7,11,13-17H2,(H,24,28). The van der Waals surface area contributed by atoms with Gasteiger partial charge in [-0.05, 0) is 42.9 Å². The van der Waals surface area contributed by atoms with Crippen molar-refractivity contribution in [2.45, 2.75) is 38.1 Å². The Bertz CT molecular complexity index is 837. The number of carbonyl (C=O) groups excluding carboxylic acids is 2. The molecule has 3 amide bonds. The van der Waals surface area contributed by atoms with E-state index in [1.807, 2.05) is 46.2 Å². The van der Waals surface area contributed by atoms with Gasteiger partial charge in [-0.25, -0.2) is 4.79 Å². The van der Waals surface area contributed by atoms with Gasteiger partial charge in [-0.2, -0.15) is 0 Å². The molecule has 0 aliphatic carbocycles. The van der Waals surface area contributed by atoms with Gasteiger partial charge in [-0.1, -0.05) is 48.5 Å². The van der Waals surface area contributed by atoms with Gasteiger partial charge >= 0.3 is 6.03 Å². The molecule has 5 heteroatoms. The highest BCUT2D eigenvalue weighted by atomic mass is 16.2. The third-order valence-corrected chi connectivity index (χ3v) is 5.73. The molecule has 2 aromatic carbocycles. The van der Waals surface area contributed by atoms with Gasteiger partial charge in [0.15, 0.2) is 0 Å². The number of hydrogen-bond acceptors (Lipinski definition) is 2. The number of nitrogens with one attached hydrogen (secondary N) is 1. The van der Waals surface area contributed by atoms with Gasteiger partial charge in [-0.3, -0.25) is 4.79 Å². The van der Waals surface area contributed by atoms with Crippen molar-refractivity contribution in [2.75, 3.05) is 25.0 Å². The van der Waals surface area contributed by atoms with Crippen LogP contribution in [0.15, 0.2) is 54.6 Å². The molecule has 2 aliphatic heterocycles. The maximum Gasteiger partial charge on any atom is 0.321 e. The highest BCUT2D eigenvalue weighted by Gasteiger charge is 2.32. The van der Waals surface area contributed by atoms with Gasteiger partial charge in [0.25, 0.3) is 0 Å². The van der Waals surface area contributed by atoms with Crippen LogP contribution in [0.3, 0.4) is 0 Å². The van der Waals surface area contributed by atoms with Crippen LogP contribution in [0.2, 0.25) is 0 Å². The topological polar surface area (TPSA) is 52.7 Å². The molecule has 4 rings (SSSR count). The molecule has 0 bridgehead atoms. The summed E-state index contributed by atoms with van der Waals surface area (Å²) in [6.45, 7) is 2.20. The SMILES string of the molecule is O=C(Nc1ccccc1Cc1ccccc1)N1CCCC(N2CCCC2=O)C1. The largest absolute Gasteiger partial charge is 0.338 e. The molecule has 0 saturated carbocycles. The number of para-hydroxylation sites is 1. The van der Waals surface area contributed by atoms with Crippen molar-refractivity contribution in [3.8, 4) is 0 Å². The number of likely N-dealkylation sites (tertiary alicyclic amines) is 2. The number of hydrogen-bond donors (Lipinski definition) is 1. The van der Waals surface area contributed by atoms with Crippen molar-refractivity contribution >= 4 is 17.6 Å². The van der Waals surface area contributed by atoms with E-state index in [1.54, 1.807) is 0 Å². The maximum absolute atomic E-state index is 12.9. The van der Waals surface area contributed by atoms with E-state index in [1.165, 1.54) is 5.56 Å². The van der Waals surface area contributed by atoms with E-state index in [0.29, 0.717) is 13.0 Å². The third kappa shape index (κ3) is 4.19. The maximum atomic E-state index is 12.9. The Hall–Kier alpha value is -2.82. The molecule has 2 heterocycles. The fourth-order valence-corrected chi connectivity index (χ4v) is 4.26. The summed E-state index contributed by atoms with van der Waals surface area (Å²) in [6.07, 6.45) is 4.29. The van der Waals surface area contributed by atoms with Crippen molar-refractivity contribution < 1.29 is 9.59 Å². The lowest BCUT2D eigenvalue weighted by molar-refractivity contribution is -0.130. The normalized spacial score (nSPS) is 19.7. The summed E-state index contributed by atoms with van der Waals surface area (Å²) in [5, 5.41) is 3.11. The van der Waals surface area contributed by atoms with Crippen LogP contribution in [-0.2, 0) is 11.2 Å². The quantitative estimate of drug-likeness (QED) is 0.879. The first kappa shape index (κ1) is 18.5. The fourth-order valence-electron chi connectivity index (χ4n) is 4.26. The van der Waals surface area contributed by atoms with Crippen LogP contribution in [0.1, 0.15) is 36.8 Å². The van der Waals surface area contributed by atoms with Crippen molar-refractivity contribution in [2.24, 2.45) is 0 Å². The summed E-state index contributed by atoms with van der Waals surface area (Å²) in [6, 6.07) is 18.3. The van der Waals surface area contributed by atoms with E-state index >= 15 is 0 Å². The van der Waals surface area contributed by atoms with Gasteiger partial charge in [0.2, 0.25) is 5.91 Å². The van der Waals surface area contributed by atoms with Crippen LogP contribution in [0.5, 0.6) is 0 Å². The zero-order valence-electron chi connectivity index (χ0n) is 16.1. The van der Waals surface area contributed by atoms with Crippen LogP contribution in [0.4, 0.5) is 10.5 Å². The van der Waals surface area contributed by atoms with Crippen LogP contribution in [0, 0.1) is 0 Å². The van der Waals surface area contributed by atoms with Crippen molar-refractivity contribution in [1.29, 1.82) is 0 Å². The van der Waals surface area contributed by atoms with Gasteiger partial charge in [-0.15, -0.1) is 0 Å². The van der Waals surface area contributed by atoms with E-state index in [4.69, 9.17) is 0 Å². The molecule has 2 saturated heterocycles. The summed E-state index contributed by atoms with van der Waals surface area (Å²) < 4.78 is 0. The van der Waals surface area contributed by atoms with Gasteiger partial charge in [0.05, 0.1) is 0 Å². The van der Waals surface area contributed by atoms with Crippen LogP contribution < -0.4 is 5.32 Å². The third-order valence-electron chi connectivity index (χ3n) is 5.73. The number of rotatable bonds is 4. The summed E-state index contributed by atoms with van der Waals surface area (Å²) in [7, 11) is 0. The van der Waals surface area contributed by atoms with E-state index in [0.717, 1.165) is 50.0 Å². The Morgan fingerprint density at radius 1 is 1.00 bits per heavy atom. The lowest BCUT2D eigenvalue weighted by atomic mass is 10.0. The number of piperidine rings is 1. The molecule has 2 aromatic rings. The highest BCUT2D eigenvalue weighted by Crippen LogP contribution is 2.23. The molecular formula is C23H27N3O2. The highest BCUT2D eigenvalue weighted by molar-refractivity contribution is 5.90. The average molecular weight is 377 g/mol. The Morgan fingerprint density at radius 2 is 1.79 bits per heavy atom. The van der Waals surface area contributed by atoms with E-state index < -0.39 is 0 Å². The molecule has 0 aromatic heterocycles. The summed E-state index contributed by atoms with van der Waals surface area (Å²) in [5.41, 5.74) is 3.18. The molecular weight excluding hydrogens is 350 g/mol. The second-order valence-electron chi connectivity index (χ2n) is 7.68. The predicted molar refractivity (Wildman–Crippen MR) is 110 cm³/mol. The Labute approximate surface area is 166 Å². The minimum absolute atomic E-state index is 0.0724. The fraction of sp³-hybridized carbons (Fsp3) is 0.391. The summed E-state index contributed by atoms with van der Waals surface area (Å²) in [4.78, 5) is 28.8. The zero-order valence-corrected chi connectivity index (χ0v) is 16.1. The number of nitrogens with zero attached hydrogens (tertiary/aromatic N) is 2. The number of benzene rings is 2. The van der Waals surface area contributed by atoms with Crippen LogP contribution in [-0.4, -0.2) is 47.4 Å². The van der Waals surface area contributed by atoms with Crippen molar-refractivity contribution in [3.63, 3.8) is 0 Å². The average Bonchev–Trinajstić information content (AvgIpc) is 3.16. The number of anilines is 1. The smallest absolute Gasteiger partial charge is 0.321 e. The molecule has 5 nitrogen and oxygen atoms in total. The van der Waals surface area contributed by atoms with E-state index in [2.05, 4.69) is 23.5 Å². The van der Waals surface area contributed by atoms with Gasteiger partial charge in [0.1, 0.15) is 0 Å². The molecule has 1 atom stereocenters. The van der Waals surface area contributed by atoms with Gasteiger partial charge in [0, 0.05) is 37.8 Å². The van der Waals surface area contributed by atoms with Crippen LogP contribution in [0.25, 0.3) is 0 Å². The Kier molecular flexibility index (Phi) is 5.60. The second kappa shape index (κ2) is 8.46. The first-order valence-electron chi connectivity index (χ1n) is 10.2. The van der Waals surface area contributed by atoms with Crippen molar-refractivity contribution in [3.05, 3.63) is 65.7 Å². The first-order chi connectivity index (χ1) is 13.7. The monoisotopic (exact) mass is 377 g/mol. The zero-order chi connectivity index (χ0) is 19.3. The molecule has 1 unspecified atom stereocenters. The number of amides is 3. The minimum Gasteiger partial charge on any atom is -0.338 e. The molecule has 28 heavy (non-hydrogen) atoms. The molecule has 0 spiro atoms. The van der Waals surface area contributed by atoms with Crippen molar-refractivity contribution in [1.82, 2.24) is 9.80 Å². The number of urea groups is 1. The summed E-state index contributed by atoms with van der Waals surface area (Å²) >= 11 is 0. The van der Waals surface area contributed by atoms with Crippen LogP contribution >= 0.6 is 0 Å². The molecule has 2 fully saturated rings. The summed E-state index contributed by atoms with van der Waals surface area (Å²) in [5.74, 6) is 0.237. The Morgan fingerprint density at radius 3 is 2.57 bits per heavy atom. The minimum atomic E-state index is -0.0724. The molecule has 0 radical (unpaired) electrons. The lowest BCUT2D eigenvalue weighted by Gasteiger charge is -2.37. The number of carbonyl (C=O) groups is 2.